The molecule has 2 atom stereocenters. The predicted molar refractivity (Wildman–Crippen MR) is 50.7 cm³/mol. The topological polar surface area (TPSA) is 18.5 Å². The molecule has 0 bridgehead atoms. The molecular weight excluding hydrogens is 164 g/mol. The number of hydrogen-bond acceptors (Lipinski definition) is 2. The van der Waals surface area contributed by atoms with Gasteiger partial charge < -0.3 is 9.47 Å². The zero-order valence-corrected chi connectivity index (χ0v) is 7.99. The van der Waals surface area contributed by atoms with E-state index in [1.807, 2.05) is 6.07 Å². The third-order valence-corrected chi connectivity index (χ3v) is 2.68. The summed E-state index contributed by atoms with van der Waals surface area (Å²) in [5.41, 5.74) is 2.62. The van der Waals surface area contributed by atoms with Crippen LogP contribution in [0.25, 0.3) is 0 Å². The standard InChI is InChI=1S/C11H14O2/c1-12-10-7-8-5-3-4-6-9(8)11(10)13-2/h3-6,10-11H,7H2,1-2H3/t10-,11-/m0/s1. The van der Waals surface area contributed by atoms with E-state index in [1.165, 1.54) is 11.1 Å². The fourth-order valence-corrected chi connectivity index (χ4v) is 2.01. The summed E-state index contributed by atoms with van der Waals surface area (Å²) >= 11 is 0. The smallest absolute Gasteiger partial charge is 0.109 e. The highest BCUT2D eigenvalue weighted by molar-refractivity contribution is 5.35. The van der Waals surface area contributed by atoms with E-state index >= 15 is 0 Å². The third kappa shape index (κ3) is 1.36. The van der Waals surface area contributed by atoms with Crippen molar-refractivity contribution in [1.82, 2.24) is 0 Å². The molecule has 0 fully saturated rings. The molecule has 1 aliphatic carbocycles. The summed E-state index contributed by atoms with van der Waals surface area (Å²) in [6.45, 7) is 0. The van der Waals surface area contributed by atoms with Crippen LogP contribution in [0.4, 0.5) is 0 Å². The number of benzene rings is 1. The van der Waals surface area contributed by atoms with Gasteiger partial charge in [-0.3, -0.25) is 0 Å². The minimum atomic E-state index is 0.112. The molecule has 70 valence electrons. The molecular formula is C11H14O2. The van der Waals surface area contributed by atoms with Gasteiger partial charge in [-0.25, -0.2) is 0 Å². The van der Waals surface area contributed by atoms with Gasteiger partial charge in [-0.2, -0.15) is 0 Å². The van der Waals surface area contributed by atoms with Crippen LogP contribution in [-0.4, -0.2) is 20.3 Å². The van der Waals surface area contributed by atoms with Crippen molar-refractivity contribution in [3.8, 4) is 0 Å². The summed E-state index contributed by atoms with van der Waals surface area (Å²) in [5.74, 6) is 0. The van der Waals surface area contributed by atoms with Crippen molar-refractivity contribution in [2.75, 3.05) is 14.2 Å². The summed E-state index contributed by atoms with van der Waals surface area (Å²) in [6, 6.07) is 8.36. The summed E-state index contributed by atoms with van der Waals surface area (Å²) in [5, 5.41) is 0. The van der Waals surface area contributed by atoms with E-state index < -0.39 is 0 Å². The van der Waals surface area contributed by atoms with Crippen molar-refractivity contribution in [2.45, 2.75) is 18.6 Å². The summed E-state index contributed by atoms with van der Waals surface area (Å²) in [4.78, 5) is 0. The van der Waals surface area contributed by atoms with Crippen molar-refractivity contribution < 1.29 is 9.47 Å². The number of ether oxygens (including phenoxy) is 2. The van der Waals surface area contributed by atoms with Crippen molar-refractivity contribution in [1.29, 1.82) is 0 Å². The highest BCUT2D eigenvalue weighted by Crippen LogP contribution is 2.34. The van der Waals surface area contributed by atoms with Crippen molar-refractivity contribution in [3.05, 3.63) is 35.4 Å². The van der Waals surface area contributed by atoms with Gasteiger partial charge in [0.15, 0.2) is 0 Å². The van der Waals surface area contributed by atoms with E-state index in [9.17, 15) is 0 Å². The molecule has 1 aliphatic rings. The number of hydrogen-bond donors (Lipinski definition) is 0. The average Bonchev–Trinajstić information content (AvgIpc) is 2.55. The Bertz CT molecular complexity index is 296. The normalized spacial score (nSPS) is 26.0. The molecule has 0 heterocycles. The first-order valence-electron chi connectivity index (χ1n) is 4.50. The largest absolute Gasteiger partial charge is 0.378 e. The third-order valence-electron chi connectivity index (χ3n) is 2.68. The lowest BCUT2D eigenvalue weighted by atomic mass is 10.1. The van der Waals surface area contributed by atoms with Gasteiger partial charge in [-0.15, -0.1) is 0 Å². The first-order chi connectivity index (χ1) is 6.36. The molecule has 0 unspecified atom stereocenters. The Morgan fingerprint density at radius 3 is 2.62 bits per heavy atom. The zero-order chi connectivity index (χ0) is 9.26. The van der Waals surface area contributed by atoms with E-state index in [2.05, 4.69) is 18.2 Å². The Hall–Kier alpha value is -0.860. The maximum Gasteiger partial charge on any atom is 0.109 e. The van der Waals surface area contributed by atoms with Crippen LogP contribution in [0.1, 0.15) is 17.2 Å². The molecule has 0 aliphatic heterocycles. The summed E-state index contributed by atoms with van der Waals surface area (Å²) in [7, 11) is 3.47. The molecule has 13 heavy (non-hydrogen) atoms. The second-order valence-corrected chi connectivity index (χ2v) is 3.33. The van der Waals surface area contributed by atoms with Gasteiger partial charge in [0.1, 0.15) is 6.10 Å². The SMILES string of the molecule is CO[C@H]1Cc2ccccc2[C@@H]1OC. The van der Waals surface area contributed by atoms with Crippen LogP contribution in [0, 0.1) is 0 Å². The molecule has 0 saturated heterocycles. The van der Waals surface area contributed by atoms with Crippen LogP contribution in [-0.2, 0) is 15.9 Å². The molecule has 1 aromatic rings. The number of methoxy groups -OCH3 is 2. The Morgan fingerprint density at radius 1 is 1.15 bits per heavy atom. The van der Waals surface area contributed by atoms with Crippen LogP contribution >= 0.6 is 0 Å². The Labute approximate surface area is 78.5 Å². The Balaban J connectivity index is 2.34. The first-order valence-corrected chi connectivity index (χ1v) is 4.50. The fourth-order valence-electron chi connectivity index (χ4n) is 2.01. The molecule has 2 nitrogen and oxygen atoms in total. The molecule has 0 saturated carbocycles. The van der Waals surface area contributed by atoms with Gasteiger partial charge in [-0.1, -0.05) is 24.3 Å². The minimum Gasteiger partial charge on any atom is -0.378 e. The lowest BCUT2D eigenvalue weighted by Crippen LogP contribution is -2.17. The number of fused-ring (bicyclic) bond motifs is 1. The Morgan fingerprint density at radius 2 is 1.92 bits per heavy atom. The quantitative estimate of drug-likeness (QED) is 0.689. The van der Waals surface area contributed by atoms with Crippen molar-refractivity contribution >= 4 is 0 Å². The van der Waals surface area contributed by atoms with E-state index in [-0.39, 0.29) is 12.2 Å². The summed E-state index contributed by atoms with van der Waals surface area (Å²) in [6.07, 6.45) is 1.26. The van der Waals surface area contributed by atoms with Crippen molar-refractivity contribution in [3.63, 3.8) is 0 Å². The van der Waals surface area contributed by atoms with Crippen molar-refractivity contribution in [2.24, 2.45) is 0 Å². The van der Waals surface area contributed by atoms with E-state index in [1.54, 1.807) is 14.2 Å². The molecule has 0 aromatic heterocycles. The van der Waals surface area contributed by atoms with Crippen LogP contribution in [0.3, 0.4) is 0 Å². The fraction of sp³-hybridized carbons (Fsp3) is 0.455. The molecule has 2 heteroatoms. The van der Waals surface area contributed by atoms with Crippen LogP contribution in [0.2, 0.25) is 0 Å². The van der Waals surface area contributed by atoms with Gasteiger partial charge in [0.25, 0.3) is 0 Å². The highest BCUT2D eigenvalue weighted by atomic mass is 16.5. The second-order valence-electron chi connectivity index (χ2n) is 3.33. The van der Waals surface area contributed by atoms with Crippen LogP contribution < -0.4 is 0 Å². The predicted octanol–water partition coefficient (Wildman–Crippen LogP) is 1.95. The van der Waals surface area contributed by atoms with Crippen LogP contribution in [0.5, 0.6) is 0 Å². The zero-order valence-electron chi connectivity index (χ0n) is 7.99. The Kier molecular flexibility index (Phi) is 2.34. The van der Waals surface area contributed by atoms with Crippen LogP contribution in [0.15, 0.2) is 24.3 Å². The molecule has 0 N–H and O–H groups in total. The first kappa shape index (κ1) is 8.73. The van der Waals surface area contributed by atoms with E-state index in [4.69, 9.17) is 9.47 Å². The average molecular weight is 178 g/mol. The molecule has 1 aromatic carbocycles. The van der Waals surface area contributed by atoms with E-state index in [0.29, 0.717) is 0 Å². The number of rotatable bonds is 2. The maximum absolute atomic E-state index is 5.42. The summed E-state index contributed by atoms with van der Waals surface area (Å²) < 4.78 is 10.8. The molecule has 0 radical (unpaired) electrons. The molecule has 0 amide bonds. The highest BCUT2D eigenvalue weighted by Gasteiger charge is 2.31. The second kappa shape index (κ2) is 3.48. The van der Waals surface area contributed by atoms with Gasteiger partial charge in [-0.05, 0) is 11.1 Å². The molecule has 0 spiro atoms. The minimum absolute atomic E-state index is 0.112. The monoisotopic (exact) mass is 178 g/mol. The maximum atomic E-state index is 5.42. The van der Waals surface area contributed by atoms with Gasteiger partial charge in [0.2, 0.25) is 0 Å². The lowest BCUT2D eigenvalue weighted by Gasteiger charge is -2.16. The van der Waals surface area contributed by atoms with Gasteiger partial charge >= 0.3 is 0 Å². The van der Waals surface area contributed by atoms with E-state index in [0.717, 1.165) is 6.42 Å². The van der Waals surface area contributed by atoms with Gasteiger partial charge in [0.05, 0.1) is 6.10 Å². The van der Waals surface area contributed by atoms with Gasteiger partial charge in [0, 0.05) is 20.6 Å². The molecule has 2 rings (SSSR count). The lowest BCUT2D eigenvalue weighted by molar-refractivity contribution is -0.0259.